The molecule has 0 spiro atoms. The average molecular weight is 1110 g/mol. The van der Waals surface area contributed by atoms with Crippen LogP contribution in [-0.2, 0) is 42.2 Å². The van der Waals surface area contributed by atoms with Crippen LogP contribution in [-0.4, -0.2) is 66.5 Å². The van der Waals surface area contributed by atoms with Crippen LogP contribution < -0.4 is 0 Å². The van der Waals surface area contributed by atoms with Crippen molar-refractivity contribution in [3.05, 3.63) is 97.2 Å². The van der Waals surface area contributed by atoms with Crippen LogP contribution in [0.1, 0.15) is 265 Å². The first-order chi connectivity index (χ1) is 38.2. The average Bonchev–Trinajstić information content (AvgIpc) is 3.43. The van der Waals surface area contributed by atoms with Crippen LogP contribution in [0, 0.1) is 0 Å². The first-order valence-corrected chi connectivity index (χ1v) is 32.6. The molecule has 12 heteroatoms. The Bertz CT molecular complexity index is 1680. The number of rotatable bonds is 57. The summed E-state index contributed by atoms with van der Waals surface area (Å²) in [5, 5.41) is 9.84. The van der Waals surface area contributed by atoms with Crippen LogP contribution in [0.5, 0.6) is 0 Å². The first-order valence-electron chi connectivity index (χ1n) is 31.1. The molecule has 2 N–H and O–H groups in total. The highest BCUT2D eigenvalue weighted by Crippen LogP contribution is 2.43. The molecular weight excluding hydrogens is 1000 g/mol. The Hall–Kier alpha value is -3.60. The Morgan fingerprint density at radius 2 is 0.667 bits per heavy atom. The van der Waals surface area contributed by atoms with E-state index in [1.165, 1.54) is 83.5 Å². The Balaban J connectivity index is 4.76. The number of unbranched alkanes of at least 4 members (excludes halogenated alkanes) is 24. The predicted octanol–water partition coefficient (Wildman–Crippen LogP) is 18.8. The molecule has 3 atom stereocenters. The van der Waals surface area contributed by atoms with Gasteiger partial charge in [-0.2, -0.15) is 0 Å². The van der Waals surface area contributed by atoms with Crippen molar-refractivity contribution in [1.29, 1.82) is 0 Å². The number of esters is 3. The first kappa shape index (κ1) is 74.4. The van der Waals surface area contributed by atoms with Gasteiger partial charge in [0.05, 0.1) is 19.8 Å². The van der Waals surface area contributed by atoms with Gasteiger partial charge in [-0.1, -0.05) is 227 Å². The number of allylic oxidation sites excluding steroid dienone is 16. The number of hydrogen-bond acceptors (Lipinski definition) is 10. The Morgan fingerprint density at radius 1 is 0.372 bits per heavy atom. The quantitative estimate of drug-likeness (QED) is 0.0197. The molecule has 3 unspecified atom stereocenters. The number of ether oxygens (including phenoxy) is 3. The summed E-state index contributed by atoms with van der Waals surface area (Å²) in [6, 6.07) is 0. The number of aliphatic hydroxyl groups excluding tert-OH is 1. The third-order valence-corrected chi connectivity index (χ3v) is 13.9. The third-order valence-electron chi connectivity index (χ3n) is 13.0. The van der Waals surface area contributed by atoms with Crippen molar-refractivity contribution in [2.45, 2.75) is 277 Å². The topological polar surface area (TPSA) is 155 Å². The minimum Gasteiger partial charge on any atom is -0.462 e. The standard InChI is InChI=1S/C66H113O11P/c1-4-7-10-13-16-19-22-25-28-30-31-33-36-39-42-45-48-51-54-57-66(70)77-63(59-73-64(68)55-52-49-46-43-40-37-35-32-29-26-23-20-17-14-11-8-5-2)61-75-78(71,72)74-60-62(58-67)76-65(69)56-53-50-47-44-41-38-34-27-24-21-18-15-12-9-6-3/h8-9,11-12,17-18,20-21,25-29,34-35,37,62-63,67H,4-7,10,13-16,19,22-24,30-33,36,38-61H2,1-3H3,(H,71,72)/b11-8-,12-9-,20-17-,21-18-,28-25-,29-26-,34-27-,37-35-. The van der Waals surface area contributed by atoms with E-state index in [2.05, 4.69) is 118 Å². The molecule has 0 fully saturated rings. The molecule has 0 aliphatic heterocycles. The van der Waals surface area contributed by atoms with Crippen molar-refractivity contribution in [2.24, 2.45) is 0 Å². The summed E-state index contributed by atoms with van der Waals surface area (Å²) in [7, 11) is -4.77. The van der Waals surface area contributed by atoms with E-state index >= 15 is 0 Å². The van der Waals surface area contributed by atoms with Gasteiger partial charge in [-0.3, -0.25) is 23.4 Å². The zero-order valence-electron chi connectivity index (χ0n) is 49.6. The lowest BCUT2D eigenvalue weighted by atomic mass is 10.1. The number of hydrogen-bond donors (Lipinski definition) is 2. The van der Waals surface area contributed by atoms with E-state index < -0.39 is 57.8 Å². The second-order valence-electron chi connectivity index (χ2n) is 20.5. The van der Waals surface area contributed by atoms with Crippen molar-refractivity contribution in [1.82, 2.24) is 0 Å². The molecule has 0 aliphatic carbocycles. The van der Waals surface area contributed by atoms with Gasteiger partial charge in [0.15, 0.2) is 6.10 Å². The largest absolute Gasteiger partial charge is 0.472 e. The molecule has 0 aliphatic rings. The van der Waals surface area contributed by atoms with Gasteiger partial charge in [0.25, 0.3) is 0 Å². The van der Waals surface area contributed by atoms with Gasteiger partial charge in [-0.05, 0) is 116 Å². The van der Waals surface area contributed by atoms with E-state index in [-0.39, 0.29) is 25.9 Å². The summed E-state index contributed by atoms with van der Waals surface area (Å²) in [5.74, 6) is -1.51. The maximum atomic E-state index is 13.0. The smallest absolute Gasteiger partial charge is 0.462 e. The summed E-state index contributed by atoms with van der Waals surface area (Å²) < 4.78 is 39.6. The molecule has 0 aromatic carbocycles. The van der Waals surface area contributed by atoms with E-state index in [0.29, 0.717) is 19.3 Å². The zero-order valence-corrected chi connectivity index (χ0v) is 50.5. The molecule has 0 aromatic heterocycles. The van der Waals surface area contributed by atoms with Gasteiger partial charge in [-0.25, -0.2) is 4.57 Å². The molecule has 0 saturated heterocycles. The van der Waals surface area contributed by atoms with Gasteiger partial charge in [0, 0.05) is 19.3 Å². The van der Waals surface area contributed by atoms with Crippen molar-refractivity contribution in [3.8, 4) is 0 Å². The highest BCUT2D eigenvalue weighted by molar-refractivity contribution is 7.47. The molecule has 0 heterocycles. The van der Waals surface area contributed by atoms with Crippen molar-refractivity contribution in [3.63, 3.8) is 0 Å². The van der Waals surface area contributed by atoms with Crippen LogP contribution in [0.15, 0.2) is 97.2 Å². The summed E-state index contributed by atoms with van der Waals surface area (Å²) in [5.41, 5.74) is 0. The van der Waals surface area contributed by atoms with E-state index in [0.717, 1.165) is 122 Å². The Kier molecular flexibility index (Phi) is 56.8. The molecule has 0 bridgehead atoms. The second kappa shape index (κ2) is 59.5. The molecule has 0 aromatic rings. The number of carbonyl (C=O) groups excluding carboxylic acids is 3. The monoisotopic (exact) mass is 1110 g/mol. The molecular formula is C66H113O11P. The van der Waals surface area contributed by atoms with Crippen molar-refractivity contribution < 1.29 is 52.2 Å². The number of aliphatic hydroxyl groups is 1. The number of phosphoric ester groups is 1. The SMILES string of the molecule is CC/C=C\C/C=C\C/C=C\C/C=C\CCCCCCC(=O)OCC(COP(=O)(O)OCC(CO)OC(=O)CCCCCCC/C=C\C/C=C\C/C=C\CC)OC(=O)CCCCCCCCCCC/C=C\CCCCCCCC. The van der Waals surface area contributed by atoms with Gasteiger partial charge in [0.1, 0.15) is 12.7 Å². The molecule has 0 radical (unpaired) electrons. The van der Waals surface area contributed by atoms with Gasteiger partial charge in [0.2, 0.25) is 0 Å². The lowest BCUT2D eigenvalue weighted by molar-refractivity contribution is -0.161. The van der Waals surface area contributed by atoms with Gasteiger partial charge in [-0.15, -0.1) is 0 Å². The minimum absolute atomic E-state index is 0.153. The lowest BCUT2D eigenvalue weighted by Gasteiger charge is -2.21. The fourth-order valence-corrected chi connectivity index (χ4v) is 9.08. The summed E-state index contributed by atoms with van der Waals surface area (Å²) in [6.07, 6.45) is 70.7. The highest BCUT2D eigenvalue weighted by atomic mass is 31.2. The van der Waals surface area contributed by atoms with E-state index in [4.69, 9.17) is 23.3 Å². The zero-order chi connectivity index (χ0) is 56.9. The maximum absolute atomic E-state index is 13.0. The fourth-order valence-electron chi connectivity index (χ4n) is 8.30. The third kappa shape index (κ3) is 57.1. The van der Waals surface area contributed by atoms with Crippen LogP contribution >= 0.6 is 7.82 Å². The van der Waals surface area contributed by atoms with E-state index in [9.17, 15) is 28.9 Å². The number of carbonyl (C=O) groups is 3. The fraction of sp³-hybridized carbons (Fsp3) is 0.712. The van der Waals surface area contributed by atoms with Crippen molar-refractivity contribution >= 4 is 25.7 Å². The van der Waals surface area contributed by atoms with E-state index in [1.54, 1.807) is 0 Å². The molecule has 78 heavy (non-hydrogen) atoms. The lowest BCUT2D eigenvalue weighted by Crippen LogP contribution is -2.30. The predicted molar refractivity (Wildman–Crippen MR) is 325 cm³/mol. The number of phosphoric acid groups is 1. The van der Waals surface area contributed by atoms with E-state index in [1.807, 2.05) is 0 Å². The molecule has 448 valence electrons. The van der Waals surface area contributed by atoms with Gasteiger partial charge < -0.3 is 24.2 Å². The van der Waals surface area contributed by atoms with Gasteiger partial charge >= 0.3 is 25.7 Å². The Morgan fingerprint density at radius 3 is 1.04 bits per heavy atom. The second-order valence-corrected chi connectivity index (χ2v) is 21.9. The molecule has 0 saturated carbocycles. The molecule has 0 rings (SSSR count). The van der Waals surface area contributed by atoms with Crippen LogP contribution in [0.3, 0.4) is 0 Å². The maximum Gasteiger partial charge on any atom is 0.472 e. The Labute approximate surface area is 476 Å². The summed E-state index contributed by atoms with van der Waals surface area (Å²) >= 11 is 0. The summed E-state index contributed by atoms with van der Waals surface area (Å²) in [4.78, 5) is 48.7. The normalized spacial score (nSPS) is 14.0. The minimum atomic E-state index is -4.77. The molecule has 11 nitrogen and oxygen atoms in total. The highest BCUT2D eigenvalue weighted by Gasteiger charge is 2.28. The van der Waals surface area contributed by atoms with Crippen LogP contribution in [0.4, 0.5) is 0 Å². The van der Waals surface area contributed by atoms with Crippen molar-refractivity contribution in [2.75, 3.05) is 26.4 Å². The summed E-state index contributed by atoms with van der Waals surface area (Å²) in [6.45, 7) is 4.39. The molecule has 0 amide bonds. The van der Waals surface area contributed by atoms with Crippen LogP contribution in [0.2, 0.25) is 0 Å². The van der Waals surface area contributed by atoms with Crippen LogP contribution in [0.25, 0.3) is 0 Å².